The maximum Gasteiger partial charge on any atom is 0.267 e. The van der Waals surface area contributed by atoms with Gasteiger partial charge in [-0.05, 0) is 55.6 Å². The maximum absolute atomic E-state index is 12.8. The zero-order valence-corrected chi connectivity index (χ0v) is 17.6. The summed E-state index contributed by atoms with van der Waals surface area (Å²) in [5.74, 6) is 1.03. The van der Waals surface area contributed by atoms with E-state index in [1.807, 2.05) is 42.6 Å². The molecule has 0 saturated carbocycles. The SMILES string of the molecule is Cc1ccc(OCCN2C(=O)C(C)Oc3ccc(NC(=O)c4cccs4)cc32)cc1. The molecule has 2 aromatic carbocycles. The Labute approximate surface area is 179 Å². The Balaban J connectivity index is 1.50. The van der Waals surface area contributed by atoms with Crippen LogP contribution in [0, 0.1) is 6.92 Å². The minimum atomic E-state index is -0.580. The first-order chi connectivity index (χ1) is 14.5. The highest BCUT2D eigenvalue weighted by molar-refractivity contribution is 7.12. The number of fused-ring (bicyclic) bond motifs is 1. The second kappa shape index (κ2) is 8.59. The smallest absolute Gasteiger partial charge is 0.267 e. The average molecular weight is 423 g/mol. The summed E-state index contributed by atoms with van der Waals surface area (Å²) in [7, 11) is 0. The fourth-order valence-electron chi connectivity index (χ4n) is 3.21. The van der Waals surface area contributed by atoms with Gasteiger partial charge in [-0.15, -0.1) is 11.3 Å². The van der Waals surface area contributed by atoms with Crippen LogP contribution in [-0.4, -0.2) is 31.1 Å². The number of carbonyl (C=O) groups is 2. The van der Waals surface area contributed by atoms with Gasteiger partial charge in [0.25, 0.3) is 11.8 Å². The molecule has 0 spiro atoms. The van der Waals surface area contributed by atoms with Gasteiger partial charge < -0.3 is 19.7 Å². The molecule has 0 aliphatic carbocycles. The lowest BCUT2D eigenvalue weighted by Gasteiger charge is -2.33. The molecule has 0 radical (unpaired) electrons. The van der Waals surface area contributed by atoms with Crippen molar-refractivity contribution in [1.82, 2.24) is 0 Å². The number of ether oxygens (including phenoxy) is 2. The van der Waals surface area contributed by atoms with E-state index in [4.69, 9.17) is 9.47 Å². The second-order valence-electron chi connectivity index (χ2n) is 7.03. The molecular formula is C23H22N2O4S. The molecule has 1 unspecified atom stereocenters. The number of amides is 2. The molecule has 30 heavy (non-hydrogen) atoms. The molecule has 7 heteroatoms. The highest BCUT2D eigenvalue weighted by Gasteiger charge is 2.31. The summed E-state index contributed by atoms with van der Waals surface area (Å²) >= 11 is 1.37. The molecular weight excluding hydrogens is 400 g/mol. The molecule has 0 saturated heterocycles. The van der Waals surface area contributed by atoms with E-state index in [9.17, 15) is 9.59 Å². The van der Waals surface area contributed by atoms with Gasteiger partial charge in [-0.3, -0.25) is 9.59 Å². The Hall–Kier alpha value is -3.32. The van der Waals surface area contributed by atoms with E-state index in [-0.39, 0.29) is 11.8 Å². The van der Waals surface area contributed by atoms with Crippen molar-refractivity contribution in [2.45, 2.75) is 20.0 Å². The van der Waals surface area contributed by atoms with Gasteiger partial charge >= 0.3 is 0 Å². The highest BCUT2D eigenvalue weighted by atomic mass is 32.1. The Morgan fingerprint density at radius 3 is 2.73 bits per heavy atom. The number of carbonyl (C=O) groups excluding carboxylic acids is 2. The number of hydrogen-bond donors (Lipinski definition) is 1. The summed E-state index contributed by atoms with van der Waals surface area (Å²) in [6.07, 6.45) is -0.580. The van der Waals surface area contributed by atoms with Crippen molar-refractivity contribution in [3.05, 3.63) is 70.4 Å². The second-order valence-corrected chi connectivity index (χ2v) is 7.97. The van der Waals surface area contributed by atoms with E-state index in [1.165, 1.54) is 11.3 Å². The molecule has 1 aliphatic heterocycles. The molecule has 0 fully saturated rings. The van der Waals surface area contributed by atoms with Crippen LogP contribution in [0.1, 0.15) is 22.2 Å². The third-order valence-corrected chi connectivity index (χ3v) is 5.64. The summed E-state index contributed by atoms with van der Waals surface area (Å²) in [6, 6.07) is 16.7. The highest BCUT2D eigenvalue weighted by Crippen LogP contribution is 2.36. The molecule has 6 nitrogen and oxygen atoms in total. The van der Waals surface area contributed by atoms with Gasteiger partial charge in [0.1, 0.15) is 18.1 Å². The monoisotopic (exact) mass is 422 g/mol. The molecule has 0 bridgehead atoms. The van der Waals surface area contributed by atoms with E-state index in [0.29, 0.717) is 35.2 Å². The molecule has 2 heterocycles. The number of rotatable bonds is 6. The number of benzene rings is 2. The van der Waals surface area contributed by atoms with Gasteiger partial charge in [0.2, 0.25) is 0 Å². The standard InChI is InChI=1S/C23H22N2O4S/c1-15-5-8-18(9-6-15)28-12-11-25-19-14-17(24-22(26)21-4-3-13-30-21)7-10-20(19)29-16(2)23(25)27/h3-10,13-14,16H,11-12H2,1-2H3,(H,24,26). The van der Waals surface area contributed by atoms with Crippen LogP contribution in [0.5, 0.6) is 11.5 Å². The van der Waals surface area contributed by atoms with Crippen molar-refractivity contribution in [2.75, 3.05) is 23.4 Å². The number of hydrogen-bond acceptors (Lipinski definition) is 5. The van der Waals surface area contributed by atoms with Crippen LogP contribution >= 0.6 is 11.3 Å². The van der Waals surface area contributed by atoms with Crippen LogP contribution in [-0.2, 0) is 4.79 Å². The van der Waals surface area contributed by atoms with Crippen LogP contribution < -0.4 is 19.7 Å². The zero-order chi connectivity index (χ0) is 21.1. The molecule has 1 aromatic heterocycles. The summed E-state index contributed by atoms with van der Waals surface area (Å²) in [5, 5.41) is 4.73. The molecule has 1 atom stereocenters. The summed E-state index contributed by atoms with van der Waals surface area (Å²) < 4.78 is 11.5. The van der Waals surface area contributed by atoms with Crippen molar-refractivity contribution < 1.29 is 19.1 Å². The van der Waals surface area contributed by atoms with Crippen molar-refractivity contribution in [3.63, 3.8) is 0 Å². The van der Waals surface area contributed by atoms with Gasteiger partial charge in [0.05, 0.1) is 17.1 Å². The first kappa shape index (κ1) is 20.0. The summed E-state index contributed by atoms with van der Waals surface area (Å²) in [4.78, 5) is 27.4. The first-order valence-corrected chi connectivity index (χ1v) is 10.6. The molecule has 154 valence electrons. The zero-order valence-electron chi connectivity index (χ0n) is 16.8. The summed E-state index contributed by atoms with van der Waals surface area (Å²) in [5.41, 5.74) is 2.38. The lowest BCUT2D eigenvalue weighted by molar-refractivity contribution is -0.125. The van der Waals surface area contributed by atoms with E-state index in [1.54, 1.807) is 36.1 Å². The van der Waals surface area contributed by atoms with Gasteiger partial charge in [0.15, 0.2) is 6.10 Å². The minimum absolute atomic E-state index is 0.142. The van der Waals surface area contributed by atoms with Crippen LogP contribution in [0.25, 0.3) is 0 Å². The lowest BCUT2D eigenvalue weighted by Crippen LogP contribution is -2.46. The van der Waals surface area contributed by atoms with Crippen LogP contribution in [0.15, 0.2) is 60.0 Å². The van der Waals surface area contributed by atoms with Crippen molar-refractivity contribution in [3.8, 4) is 11.5 Å². The Kier molecular flexibility index (Phi) is 5.72. The third-order valence-electron chi connectivity index (χ3n) is 4.77. The largest absolute Gasteiger partial charge is 0.492 e. The van der Waals surface area contributed by atoms with Crippen molar-refractivity contribution >= 4 is 34.5 Å². The predicted molar refractivity (Wildman–Crippen MR) is 118 cm³/mol. The fourth-order valence-corrected chi connectivity index (χ4v) is 3.82. The number of nitrogens with one attached hydrogen (secondary N) is 1. The van der Waals surface area contributed by atoms with E-state index < -0.39 is 6.10 Å². The maximum atomic E-state index is 12.8. The quantitative estimate of drug-likeness (QED) is 0.635. The number of anilines is 2. The summed E-state index contributed by atoms with van der Waals surface area (Å²) in [6.45, 7) is 4.46. The Bertz CT molecular complexity index is 1050. The Morgan fingerprint density at radius 2 is 2.00 bits per heavy atom. The molecule has 2 amide bonds. The van der Waals surface area contributed by atoms with Crippen LogP contribution in [0.2, 0.25) is 0 Å². The predicted octanol–water partition coefficient (Wildman–Crippen LogP) is 4.50. The molecule has 1 N–H and O–H groups in total. The third kappa shape index (κ3) is 4.31. The van der Waals surface area contributed by atoms with Crippen molar-refractivity contribution in [2.24, 2.45) is 0 Å². The molecule has 3 aromatic rings. The van der Waals surface area contributed by atoms with Gasteiger partial charge in [-0.1, -0.05) is 23.8 Å². The van der Waals surface area contributed by atoms with Gasteiger partial charge in [-0.2, -0.15) is 0 Å². The van der Waals surface area contributed by atoms with Crippen LogP contribution in [0.3, 0.4) is 0 Å². The number of thiophene rings is 1. The molecule has 4 rings (SSSR count). The van der Waals surface area contributed by atoms with Crippen LogP contribution in [0.4, 0.5) is 11.4 Å². The van der Waals surface area contributed by atoms with E-state index in [2.05, 4.69) is 5.32 Å². The topological polar surface area (TPSA) is 67.9 Å². The average Bonchev–Trinajstić information content (AvgIpc) is 3.28. The normalized spacial score (nSPS) is 15.3. The Morgan fingerprint density at radius 1 is 1.20 bits per heavy atom. The van der Waals surface area contributed by atoms with E-state index >= 15 is 0 Å². The fraction of sp³-hybridized carbons (Fsp3) is 0.217. The minimum Gasteiger partial charge on any atom is -0.492 e. The van der Waals surface area contributed by atoms with Crippen molar-refractivity contribution in [1.29, 1.82) is 0 Å². The van der Waals surface area contributed by atoms with Gasteiger partial charge in [0, 0.05) is 5.69 Å². The molecule has 1 aliphatic rings. The van der Waals surface area contributed by atoms with E-state index in [0.717, 1.165) is 11.3 Å². The number of nitrogens with zero attached hydrogens (tertiary/aromatic N) is 1. The first-order valence-electron chi connectivity index (χ1n) is 9.67. The van der Waals surface area contributed by atoms with Gasteiger partial charge in [-0.25, -0.2) is 0 Å². The number of aryl methyl sites for hydroxylation is 1. The lowest BCUT2D eigenvalue weighted by atomic mass is 10.1.